The number of fused-ring (bicyclic) bond motifs is 3. The smallest absolute Gasteiger partial charge is 0.183 e. The SMILES string of the molecule is Cc1ccc(CN2C[C@@H]3c4cc(-c5cnn(C)c5)ccc4S(=O)(=O)[C@H]3C2)s1. The molecule has 0 aliphatic carbocycles. The largest absolute Gasteiger partial charge is 0.296 e. The van der Waals surface area contributed by atoms with Crippen LogP contribution in [0.5, 0.6) is 0 Å². The van der Waals surface area contributed by atoms with Crippen LogP contribution < -0.4 is 0 Å². The predicted molar refractivity (Wildman–Crippen MR) is 107 cm³/mol. The van der Waals surface area contributed by atoms with E-state index >= 15 is 0 Å². The molecule has 2 atom stereocenters. The summed E-state index contributed by atoms with van der Waals surface area (Å²) in [4.78, 5) is 5.41. The third-order valence-electron chi connectivity index (χ3n) is 5.67. The molecule has 5 rings (SSSR count). The van der Waals surface area contributed by atoms with Gasteiger partial charge in [0, 0.05) is 54.1 Å². The number of sulfone groups is 1. The highest BCUT2D eigenvalue weighted by molar-refractivity contribution is 7.92. The standard InChI is InChI=1S/C20H21N3O2S2/c1-13-3-5-16(26-13)10-23-11-18-17-7-14(15-8-21-22(2)9-15)4-6-19(17)27(24,25)20(18)12-23/h3-9,18,20H,10-12H2,1-2H3/t18-,20+/m1/s1. The van der Waals surface area contributed by atoms with Crippen LogP contribution in [0.3, 0.4) is 0 Å². The van der Waals surface area contributed by atoms with E-state index in [-0.39, 0.29) is 11.2 Å². The topological polar surface area (TPSA) is 55.2 Å². The highest BCUT2D eigenvalue weighted by Gasteiger charge is 2.50. The fraction of sp³-hybridized carbons (Fsp3) is 0.350. The molecule has 27 heavy (non-hydrogen) atoms. The van der Waals surface area contributed by atoms with Crippen molar-refractivity contribution in [1.29, 1.82) is 0 Å². The van der Waals surface area contributed by atoms with Crippen LogP contribution in [-0.2, 0) is 23.4 Å². The van der Waals surface area contributed by atoms with Gasteiger partial charge in [-0.15, -0.1) is 11.3 Å². The van der Waals surface area contributed by atoms with Crippen LogP contribution in [-0.4, -0.2) is 41.4 Å². The summed E-state index contributed by atoms with van der Waals surface area (Å²) in [6.45, 7) is 4.34. The van der Waals surface area contributed by atoms with Crippen molar-refractivity contribution in [2.75, 3.05) is 13.1 Å². The Morgan fingerprint density at radius 1 is 1.19 bits per heavy atom. The Bertz CT molecular complexity index is 1130. The van der Waals surface area contributed by atoms with Crippen molar-refractivity contribution in [3.8, 4) is 11.1 Å². The zero-order chi connectivity index (χ0) is 18.8. The average Bonchev–Trinajstić information content (AvgIpc) is 3.37. The molecule has 2 aliphatic heterocycles. The third-order valence-corrected chi connectivity index (χ3v) is 8.91. The maximum atomic E-state index is 13.1. The fourth-order valence-electron chi connectivity index (χ4n) is 4.39. The van der Waals surface area contributed by atoms with Crippen LogP contribution in [0.4, 0.5) is 0 Å². The third kappa shape index (κ3) is 2.76. The molecular formula is C20H21N3O2S2. The molecule has 140 valence electrons. The molecule has 0 saturated carbocycles. The molecular weight excluding hydrogens is 378 g/mol. The number of benzene rings is 1. The van der Waals surface area contributed by atoms with Crippen molar-refractivity contribution in [3.63, 3.8) is 0 Å². The van der Waals surface area contributed by atoms with Crippen LogP contribution in [0.25, 0.3) is 11.1 Å². The number of aromatic nitrogens is 2. The minimum Gasteiger partial charge on any atom is -0.296 e. The summed E-state index contributed by atoms with van der Waals surface area (Å²) in [6, 6.07) is 10.0. The van der Waals surface area contributed by atoms with Crippen LogP contribution in [0.15, 0.2) is 47.6 Å². The second-order valence-electron chi connectivity index (χ2n) is 7.55. The number of rotatable bonds is 3. The van der Waals surface area contributed by atoms with Crippen molar-refractivity contribution in [2.45, 2.75) is 29.5 Å². The molecule has 5 nitrogen and oxygen atoms in total. The zero-order valence-corrected chi connectivity index (χ0v) is 16.9. The minimum absolute atomic E-state index is 0.0580. The van der Waals surface area contributed by atoms with Gasteiger partial charge < -0.3 is 0 Å². The van der Waals surface area contributed by atoms with Crippen molar-refractivity contribution in [1.82, 2.24) is 14.7 Å². The molecule has 0 amide bonds. The molecule has 7 heteroatoms. The van der Waals surface area contributed by atoms with Crippen molar-refractivity contribution >= 4 is 21.2 Å². The van der Waals surface area contributed by atoms with Crippen molar-refractivity contribution in [2.24, 2.45) is 7.05 Å². The van der Waals surface area contributed by atoms with Gasteiger partial charge in [0.05, 0.1) is 16.3 Å². The van der Waals surface area contributed by atoms with Crippen LogP contribution in [0.2, 0.25) is 0 Å². The Morgan fingerprint density at radius 3 is 2.74 bits per heavy atom. The summed E-state index contributed by atoms with van der Waals surface area (Å²) < 4.78 is 27.9. The van der Waals surface area contributed by atoms with E-state index in [9.17, 15) is 8.42 Å². The molecule has 0 spiro atoms. The Hall–Kier alpha value is -1.96. The fourth-order valence-corrected chi connectivity index (χ4v) is 7.52. The monoisotopic (exact) mass is 399 g/mol. The van der Waals surface area contributed by atoms with Gasteiger partial charge in [-0.25, -0.2) is 8.42 Å². The molecule has 1 fully saturated rings. The molecule has 2 aromatic heterocycles. The summed E-state index contributed by atoms with van der Waals surface area (Å²) in [5, 5.41) is 3.91. The van der Waals surface area contributed by atoms with E-state index in [1.165, 1.54) is 9.75 Å². The van der Waals surface area contributed by atoms with Crippen molar-refractivity contribution in [3.05, 3.63) is 58.0 Å². The highest BCUT2D eigenvalue weighted by Crippen LogP contribution is 2.46. The second kappa shape index (κ2) is 6.02. The van der Waals surface area contributed by atoms with Gasteiger partial charge in [0.25, 0.3) is 0 Å². The molecule has 0 bridgehead atoms. The zero-order valence-electron chi connectivity index (χ0n) is 15.3. The van der Waals surface area contributed by atoms with Gasteiger partial charge in [-0.3, -0.25) is 9.58 Å². The van der Waals surface area contributed by atoms with Gasteiger partial charge in [0.1, 0.15) is 0 Å². The number of nitrogens with zero attached hydrogens (tertiary/aromatic N) is 3. The maximum Gasteiger partial charge on any atom is 0.183 e. The average molecular weight is 400 g/mol. The summed E-state index contributed by atoms with van der Waals surface area (Å²) in [5.41, 5.74) is 3.03. The Kier molecular flexibility index (Phi) is 3.83. The Morgan fingerprint density at radius 2 is 2.04 bits per heavy atom. The number of hydrogen-bond donors (Lipinski definition) is 0. The molecule has 0 N–H and O–H groups in total. The summed E-state index contributed by atoms with van der Waals surface area (Å²) >= 11 is 1.79. The van der Waals surface area contributed by atoms with Gasteiger partial charge in [-0.2, -0.15) is 5.10 Å². The van der Waals surface area contributed by atoms with Gasteiger partial charge in [0.2, 0.25) is 0 Å². The lowest BCUT2D eigenvalue weighted by atomic mass is 9.95. The van der Waals surface area contributed by atoms with Crippen LogP contribution in [0, 0.1) is 6.92 Å². The van der Waals surface area contributed by atoms with Gasteiger partial charge in [-0.05, 0) is 42.3 Å². The summed E-state index contributed by atoms with van der Waals surface area (Å²) in [7, 11) is -1.37. The normalized spacial score (nSPS) is 23.5. The number of thiophene rings is 1. The molecule has 2 aliphatic rings. The highest BCUT2D eigenvalue weighted by atomic mass is 32.2. The predicted octanol–water partition coefficient (Wildman–Crippen LogP) is 3.21. The van der Waals surface area contributed by atoms with Crippen molar-refractivity contribution < 1.29 is 8.42 Å². The van der Waals surface area contributed by atoms with E-state index in [0.29, 0.717) is 11.4 Å². The Balaban J connectivity index is 1.48. The van der Waals surface area contributed by atoms with E-state index in [2.05, 4.69) is 35.1 Å². The first kappa shape index (κ1) is 17.2. The van der Waals surface area contributed by atoms with E-state index in [1.54, 1.807) is 22.1 Å². The van der Waals surface area contributed by atoms with Gasteiger partial charge in [0.15, 0.2) is 9.84 Å². The molecule has 3 aromatic rings. The molecule has 4 heterocycles. The van der Waals surface area contributed by atoms with E-state index < -0.39 is 9.84 Å². The minimum atomic E-state index is -3.26. The van der Waals surface area contributed by atoms with Gasteiger partial charge >= 0.3 is 0 Å². The van der Waals surface area contributed by atoms with E-state index in [4.69, 9.17) is 0 Å². The number of aryl methyl sites for hydroxylation is 2. The molecule has 0 unspecified atom stereocenters. The summed E-state index contributed by atoms with van der Waals surface area (Å²) in [6.07, 6.45) is 3.78. The van der Waals surface area contributed by atoms with Gasteiger partial charge in [-0.1, -0.05) is 6.07 Å². The van der Waals surface area contributed by atoms with Crippen LogP contribution >= 0.6 is 11.3 Å². The second-order valence-corrected chi connectivity index (χ2v) is 11.1. The maximum absolute atomic E-state index is 13.1. The molecule has 1 aromatic carbocycles. The first-order valence-electron chi connectivity index (χ1n) is 9.06. The van der Waals surface area contributed by atoms with E-state index in [0.717, 1.165) is 29.8 Å². The molecule has 0 radical (unpaired) electrons. The first-order valence-corrected chi connectivity index (χ1v) is 11.4. The summed E-state index contributed by atoms with van der Waals surface area (Å²) in [5.74, 6) is 0.0580. The molecule has 1 saturated heterocycles. The lowest BCUT2D eigenvalue weighted by molar-refractivity contribution is 0.328. The number of hydrogen-bond acceptors (Lipinski definition) is 5. The van der Waals surface area contributed by atoms with Crippen LogP contribution in [0.1, 0.15) is 21.2 Å². The lowest BCUT2D eigenvalue weighted by Crippen LogP contribution is -2.25. The number of likely N-dealkylation sites (tertiary alicyclic amines) is 1. The Labute approximate surface area is 163 Å². The van der Waals surface area contributed by atoms with E-state index in [1.807, 2.05) is 25.5 Å². The lowest BCUT2D eigenvalue weighted by Gasteiger charge is -2.16. The quantitative estimate of drug-likeness (QED) is 0.679. The first-order chi connectivity index (χ1) is 12.9.